The van der Waals surface area contributed by atoms with E-state index in [-0.39, 0.29) is 12.0 Å². The van der Waals surface area contributed by atoms with Crippen LogP contribution in [0.5, 0.6) is 11.5 Å². The smallest absolute Gasteiger partial charge is 0.343 e. The van der Waals surface area contributed by atoms with Crippen LogP contribution in [0, 0.1) is 5.92 Å². The zero-order valence-corrected chi connectivity index (χ0v) is 17.4. The molecule has 0 bridgehead atoms. The molecule has 0 aromatic heterocycles. The van der Waals surface area contributed by atoms with E-state index in [9.17, 15) is 9.59 Å². The number of ether oxygens (including phenoxy) is 3. The number of rotatable bonds is 7. The lowest BCUT2D eigenvalue weighted by Gasteiger charge is -2.12. The zero-order chi connectivity index (χ0) is 20.0. The molecule has 0 spiro atoms. The van der Waals surface area contributed by atoms with Crippen LogP contribution in [-0.2, 0) is 4.74 Å². The number of carbonyl (C=O) groups is 2. The fraction of sp³-hybridized carbons (Fsp3) is 0.333. The van der Waals surface area contributed by atoms with Crippen molar-refractivity contribution in [2.45, 2.75) is 33.8 Å². The van der Waals surface area contributed by atoms with E-state index in [1.807, 2.05) is 27.7 Å². The molecule has 0 N–H and O–H groups in total. The number of hydrogen-bond donors (Lipinski definition) is 0. The van der Waals surface area contributed by atoms with Gasteiger partial charge in [0.1, 0.15) is 11.5 Å². The maximum atomic E-state index is 12.3. The third-order valence-electron chi connectivity index (χ3n) is 3.38. The maximum Gasteiger partial charge on any atom is 0.343 e. The lowest BCUT2D eigenvalue weighted by molar-refractivity contribution is 0.0459. The van der Waals surface area contributed by atoms with Crippen molar-refractivity contribution in [1.29, 1.82) is 0 Å². The van der Waals surface area contributed by atoms with Crippen LogP contribution in [0.25, 0.3) is 0 Å². The third-order valence-corrected chi connectivity index (χ3v) is 4.00. The number of benzene rings is 2. The minimum atomic E-state index is -0.498. The normalized spacial score (nSPS) is 10.8. The summed E-state index contributed by atoms with van der Waals surface area (Å²) in [6.45, 7) is 8.15. The van der Waals surface area contributed by atoms with Gasteiger partial charge in [-0.1, -0.05) is 13.8 Å². The Morgan fingerprint density at radius 3 is 2.11 bits per heavy atom. The Balaban J connectivity index is 2.01. The largest absolute Gasteiger partial charge is 0.490 e. The van der Waals surface area contributed by atoms with Gasteiger partial charge in [0.05, 0.1) is 28.3 Å². The molecule has 0 aliphatic heterocycles. The van der Waals surface area contributed by atoms with E-state index < -0.39 is 11.9 Å². The molecule has 0 saturated heterocycles. The van der Waals surface area contributed by atoms with E-state index in [4.69, 9.17) is 14.2 Å². The number of hydrogen-bond acceptors (Lipinski definition) is 5. The predicted molar refractivity (Wildman–Crippen MR) is 106 cm³/mol. The second kappa shape index (κ2) is 9.55. The third kappa shape index (κ3) is 6.40. The van der Waals surface area contributed by atoms with E-state index >= 15 is 0 Å². The first kappa shape index (κ1) is 21.0. The SMILES string of the molecule is CC(C)COC(=O)c1ccc(OC(=O)c2ccc(OC(C)C)c(Br)c2)cc1. The lowest BCUT2D eigenvalue weighted by Crippen LogP contribution is -2.11. The van der Waals surface area contributed by atoms with E-state index in [0.717, 1.165) is 0 Å². The van der Waals surface area contributed by atoms with Gasteiger partial charge in [0.15, 0.2) is 0 Å². The fourth-order valence-electron chi connectivity index (χ4n) is 2.13. The van der Waals surface area contributed by atoms with Crippen LogP contribution in [0.3, 0.4) is 0 Å². The topological polar surface area (TPSA) is 61.8 Å². The molecule has 144 valence electrons. The standard InChI is InChI=1S/C21H23BrO5/c1-13(2)12-25-20(23)15-5-8-17(9-6-15)27-21(24)16-7-10-19(18(22)11-16)26-14(3)4/h5-11,13-14H,12H2,1-4H3. The Labute approximate surface area is 167 Å². The Morgan fingerprint density at radius 1 is 0.926 bits per heavy atom. The molecular weight excluding hydrogens is 412 g/mol. The average molecular weight is 435 g/mol. The molecule has 5 nitrogen and oxygen atoms in total. The molecule has 27 heavy (non-hydrogen) atoms. The molecule has 0 aliphatic rings. The molecule has 2 aromatic rings. The van der Waals surface area contributed by atoms with E-state index in [2.05, 4.69) is 15.9 Å². The van der Waals surface area contributed by atoms with Crippen molar-refractivity contribution in [1.82, 2.24) is 0 Å². The molecule has 2 aromatic carbocycles. The second-order valence-corrected chi connectivity index (χ2v) is 7.57. The Morgan fingerprint density at radius 2 is 1.56 bits per heavy atom. The summed E-state index contributed by atoms with van der Waals surface area (Å²) in [5.41, 5.74) is 0.798. The highest BCUT2D eigenvalue weighted by Gasteiger charge is 2.13. The van der Waals surface area contributed by atoms with Gasteiger partial charge in [-0.25, -0.2) is 9.59 Å². The zero-order valence-electron chi connectivity index (χ0n) is 15.8. The number of esters is 2. The van der Waals surface area contributed by atoms with Crippen LogP contribution in [0.1, 0.15) is 48.4 Å². The van der Waals surface area contributed by atoms with Gasteiger partial charge in [-0.15, -0.1) is 0 Å². The molecule has 0 heterocycles. The minimum Gasteiger partial charge on any atom is -0.490 e. The monoisotopic (exact) mass is 434 g/mol. The highest BCUT2D eigenvalue weighted by molar-refractivity contribution is 9.10. The van der Waals surface area contributed by atoms with E-state index in [1.165, 1.54) is 0 Å². The average Bonchev–Trinajstić information content (AvgIpc) is 2.61. The van der Waals surface area contributed by atoms with Crippen molar-refractivity contribution in [2.75, 3.05) is 6.61 Å². The van der Waals surface area contributed by atoms with Gasteiger partial charge < -0.3 is 14.2 Å². The molecule has 0 amide bonds. The van der Waals surface area contributed by atoms with Crippen LogP contribution in [0.15, 0.2) is 46.9 Å². The van der Waals surface area contributed by atoms with Crippen molar-refractivity contribution in [3.8, 4) is 11.5 Å². The van der Waals surface area contributed by atoms with Gasteiger partial charge in [-0.2, -0.15) is 0 Å². The summed E-state index contributed by atoms with van der Waals surface area (Å²) in [5, 5.41) is 0. The minimum absolute atomic E-state index is 0.0323. The van der Waals surface area contributed by atoms with Crippen LogP contribution in [-0.4, -0.2) is 24.6 Å². The quantitative estimate of drug-likeness (QED) is 0.438. The first-order valence-corrected chi connectivity index (χ1v) is 9.51. The van der Waals surface area contributed by atoms with Crippen LogP contribution in [0.4, 0.5) is 0 Å². The Kier molecular flexibility index (Phi) is 7.42. The molecule has 0 atom stereocenters. The van der Waals surface area contributed by atoms with E-state index in [1.54, 1.807) is 42.5 Å². The summed E-state index contributed by atoms with van der Waals surface area (Å²) in [6.07, 6.45) is 0.0323. The van der Waals surface area contributed by atoms with Gasteiger partial charge in [0.25, 0.3) is 0 Å². The van der Waals surface area contributed by atoms with Gasteiger partial charge in [0, 0.05) is 0 Å². The number of carbonyl (C=O) groups excluding carboxylic acids is 2. The molecule has 6 heteroatoms. The molecule has 2 rings (SSSR count). The Hall–Kier alpha value is -2.34. The van der Waals surface area contributed by atoms with Crippen molar-refractivity contribution in [3.63, 3.8) is 0 Å². The summed E-state index contributed by atoms with van der Waals surface area (Å²) in [7, 11) is 0. The highest BCUT2D eigenvalue weighted by Crippen LogP contribution is 2.27. The summed E-state index contributed by atoms with van der Waals surface area (Å²) in [5.74, 6) is 0.379. The van der Waals surface area contributed by atoms with E-state index in [0.29, 0.717) is 33.7 Å². The highest BCUT2D eigenvalue weighted by atomic mass is 79.9. The first-order valence-electron chi connectivity index (χ1n) is 8.72. The van der Waals surface area contributed by atoms with Gasteiger partial charge >= 0.3 is 11.9 Å². The van der Waals surface area contributed by atoms with Gasteiger partial charge in [-0.3, -0.25) is 0 Å². The molecular formula is C21H23BrO5. The summed E-state index contributed by atoms with van der Waals surface area (Å²) in [4.78, 5) is 24.2. The summed E-state index contributed by atoms with van der Waals surface area (Å²) < 4.78 is 16.8. The molecule has 0 aliphatic carbocycles. The van der Waals surface area contributed by atoms with Crippen LogP contribution >= 0.6 is 15.9 Å². The van der Waals surface area contributed by atoms with Crippen LogP contribution in [0.2, 0.25) is 0 Å². The fourth-order valence-corrected chi connectivity index (χ4v) is 2.60. The van der Waals surface area contributed by atoms with Gasteiger partial charge in [-0.05, 0) is 78.2 Å². The molecule has 0 fully saturated rings. The molecule has 0 saturated carbocycles. The van der Waals surface area contributed by atoms with Crippen molar-refractivity contribution < 1.29 is 23.8 Å². The summed E-state index contributed by atoms with van der Waals surface area (Å²) in [6, 6.07) is 11.3. The van der Waals surface area contributed by atoms with Gasteiger partial charge in [0.2, 0.25) is 0 Å². The van der Waals surface area contributed by atoms with Crippen molar-refractivity contribution >= 4 is 27.9 Å². The van der Waals surface area contributed by atoms with Crippen molar-refractivity contribution in [2.24, 2.45) is 5.92 Å². The lowest BCUT2D eigenvalue weighted by atomic mass is 10.2. The first-order chi connectivity index (χ1) is 12.8. The number of halogens is 1. The second-order valence-electron chi connectivity index (χ2n) is 6.72. The maximum absolute atomic E-state index is 12.3. The Bertz CT molecular complexity index is 797. The summed E-state index contributed by atoms with van der Waals surface area (Å²) >= 11 is 3.40. The van der Waals surface area contributed by atoms with Crippen molar-refractivity contribution in [3.05, 3.63) is 58.1 Å². The molecule has 0 unspecified atom stereocenters. The predicted octanol–water partition coefficient (Wildman–Crippen LogP) is 5.27. The van der Waals surface area contributed by atoms with Crippen LogP contribution < -0.4 is 9.47 Å². The molecule has 0 radical (unpaired) electrons.